The predicted octanol–water partition coefficient (Wildman–Crippen LogP) is 3.05. The SMILES string of the molecule is CC(C)(C)c1ccc(NC(=O)C2CCCOC2)c(O)c1. The van der Waals surface area contributed by atoms with Gasteiger partial charge < -0.3 is 15.2 Å². The zero-order valence-corrected chi connectivity index (χ0v) is 12.4. The van der Waals surface area contributed by atoms with Crippen molar-refractivity contribution < 1.29 is 14.6 Å². The Bertz CT molecular complexity index is 485. The van der Waals surface area contributed by atoms with Crippen molar-refractivity contribution in [3.8, 4) is 5.75 Å². The quantitative estimate of drug-likeness (QED) is 0.817. The van der Waals surface area contributed by atoms with E-state index in [0.29, 0.717) is 12.3 Å². The fraction of sp³-hybridized carbons (Fsp3) is 0.562. The second-order valence-electron chi connectivity index (χ2n) is 6.39. The van der Waals surface area contributed by atoms with Crippen LogP contribution in [0.15, 0.2) is 18.2 Å². The van der Waals surface area contributed by atoms with E-state index in [1.165, 1.54) is 0 Å². The third-order valence-electron chi connectivity index (χ3n) is 3.65. The number of anilines is 1. The average molecular weight is 277 g/mol. The second-order valence-corrected chi connectivity index (χ2v) is 6.39. The van der Waals surface area contributed by atoms with E-state index in [0.717, 1.165) is 25.0 Å². The van der Waals surface area contributed by atoms with Crippen LogP contribution in [0.2, 0.25) is 0 Å². The molecule has 2 rings (SSSR count). The van der Waals surface area contributed by atoms with Crippen LogP contribution in [0.25, 0.3) is 0 Å². The van der Waals surface area contributed by atoms with E-state index >= 15 is 0 Å². The van der Waals surface area contributed by atoms with Crippen molar-refractivity contribution in [1.82, 2.24) is 0 Å². The summed E-state index contributed by atoms with van der Waals surface area (Å²) in [5.41, 5.74) is 1.47. The number of rotatable bonds is 2. The Morgan fingerprint density at radius 1 is 1.40 bits per heavy atom. The molecule has 0 radical (unpaired) electrons. The van der Waals surface area contributed by atoms with Crippen molar-refractivity contribution in [2.75, 3.05) is 18.5 Å². The Labute approximate surface area is 120 Å². The molecule has 4 heteroatoms. The van der Waals surface area contributed by atoms with Crippen LogP contribution < -0.4 is 5.32 Å². The standard InChI is InChI=1S/C16H23NO3/c1-16(2,3)12-6-7-13(14(18)9-12)17-15(19)11-5-4-8-20-10-11/h6-7,9,11,18H,4-5,8,10H2,1-3H3,(H,17,19). The number of phenols is 1. The van der Waals surface area contributed by atoms with E-state index in [1.54, 1.807) is 12.1 Å². The van der Waals surface area contributed by atoms with Gasteiger partial charge in [-0.1, -0.05) is 26.8 Å². The molecule has 1 saturated heterocycles. The fourth-order valence-electron chi connectivity index (χ4n) is 2.29. The summed E-state index contributed by atoms with van der Waals surface area (Å²) in [6.07, 6.45) is 1.75. The first-order chi connectivity index (χ1) is 9.38. The molecule has 1 fully saturated rings. The minimum atomic E-state index is -0.120. The maximum atomic E-state index is 12.1. The topological polar surface area (TPSA) is 58.6 Å². The molecule has 1 aromatic carbocycles. The Morgan fingerprint density at radius 2 is 2.15 bits per heavy atom. The minimum Gasteiger partial charge on any atom is -0.506 e. The van der Waals surface area contributed by atoms with Gasteiger partial charge in [-0.3, -0.25) is 4.79 Å². The van der Waals surface area contributed by atoms with Crippen LogP contribution in [0.1, 0.15) is 39.2 Å². The maximum absolute atomic E-state index is 12.1. The summed E-state index contributed by atoms with van der Waals surface area (Å²) in [6.45, 7) is 7.44. The van der Waals surface area contributed by atoms with Gasteiger partial charge in [0, 0.05) is 6.61 Å². The summed E-state index contributed by atoms with van der Waals surface area (Å²) in [4.78, 5) is 12.1. The lowest BCUT2D eigenvalue weighted by atomic mass is 9.87. The molecule has 1 heterocycles. The van der Waals surface area contributed by atoms with Crippen LogP contribution in [0.5, 0.6) is 5.75 Å². The van der Waals surface area contributed by atoms with E-state index < -0.39 is 0 Å². The van der Waals surface area contributed by atoms with Crippen molar-refractivity contribution >= 4 is 11.6 Å². The van der Waals surface area contributed by atoms with Gasteiger partial charge in [-0.25, -0.2) is 0 Å². The van der Waals surface area contributed by atoms with E-state index in [4.69, 9.17) is 4.74 Å². The van der Waals surface area contributed by atoms with Gasteiger partial charge >= 0.3 is 0 Å². The number of carbonyl (C=O) groups excluding carboxylic acids is 1. The van der Waals surface area contributed by atoms with Gasteiger partial charge in [0.05, 0.1) is 18.2 Å². The summed E-state index contributed by atoms with van der Waals surface area (Å²) in [7, 11) is 0. The van der Waals surface area contributed by atoms with Gasteiger partial charge in [-0.15, -0.1) is 0 Å². The van der Waals surface area contributed by atoms with Crippen molar-refractivity contribution in [1.29, 1.82) is 0 Å². The Kier molecular flexibility index (Phi) is 4.33. The first kappa shape index (κ1) is 14.9. The van der Waals surface area contributed by atoms with Gasteiger partial charge in [0.2, 0.25) is 5.91 Å². The molecule has 20 heavy (non-hydrogen) atoms. The summed E-state index contributed by atoms with van der Waals surface area (Å²) in [5.74, 6) is -0.0866. The van der Waals surface area contributed by atoms with Crippen LogP contribution in [-0.2, 0) is 14.9 Å². The number of hydrogen-bond donors (Lipinski definition) is 2. The Balaban J connectivity index is 2.08. The number of phenolic OH excluding ortho intramolecular Hbond substituents is 1. The molecule has 4 nitrogen and oxygen atoms in total. The molecule has 1 atom stereocenters. The third kappa shape index (κ3) is 3.51. The van der Waals surface area contributed by atoms with Crippen LogP contribution in [0.3, 0.4) is 0 Å². The van der Waals surface area contributed by atoms with Crippen LogP contribution in [-0.4, -0.2) is 24.2 Å². The Morgan fingerprint density at radius 3 is 2.70 bits per heavy atom. The van der Waals surface area contributed by atoms with Crippen molar-refractivity contribution in [2.45, 2.75) is 39.0 Å². The fourth-order valence-corrected chi connectivity index (χ4v) is 2.29. The zero-order valence-electron chi connectivity index (χ0n) is 12.4. The number of aromatic hydroxyl groups is 1. The zero-order chi connectivity index (χ0) is 14.8. The number of nitrogens with one attached hydrogen (secondary N) is 1. The second kappa shape index (κ2) is 5.83. The molecule has 1 aromatic rings. The molecule has 0 bridgehead atoms. The summed E-state index contributed by atoms with van der Waals surface area (Å²) < 4.78 is 5.31. The minimum absolute atomic E-state index is 0.0305. The largest absolute Gasteiger partial charge is 0.506 e. The molecule has 1 aliphatic rings. The first-order valence-electron chi connectivity index (χ1n) is 7.10. The highest BCUT2D eigenvalue weighted by molar-refractivity contribution is 5.94. The lowest BCUT2D eigenvalue weighted by molar-refractivity contribution is -0.123. The number of carbonyl (C=O) groups is 1. The molecule has 2 N–H and O–H groups in total. The van der Waals surface area contributed by atoms with Gasteiger partial charge in [0.25, 0.3) is 0 Å². The monoisotopic (exact) mass is 277 g/mol. The lowest BCUT2D eigenvalue weighted by Crippen LogP contribution is -2.30. The molecule has 1 aliphatic heterocycles. The number of ether oxygens (including phenoxy) is 1. The normalized spacial score (nSPS) is 19.6. The smallest absolute Gasteiger partial charge is 0.229 e. The highest BCUT2D eigenvalue weighted by atomic mass is 16.5. The molecule has 0 aliphatic carbocycles. The number of hydrogen-bond acceptors (Lipinski definition) is 3. The van der Waals surface area contributed by atoms with E-state index in [9.17, 15) is 9.90 Å². The van der Waals surface area contributed by atoms with Crippen LogP contribution in [0.4, 0.5) is 5.69 Å². The molecule has 1 amide bonds. The molecule has 0 saturated carbocycles. The van der Waals surface area contributed by atoms with E-state index in [2.05, 4.69) is 26.1 Å². The van der Waals surface area contributed by atoms with Crippen LogP contribution >= 0.6 is 0 Å². The summed E-state index contributed by atoms with van der Waals surface area (Å²) >= 11 is 0. The molecule has 1 unspecified atom stereocenters. The number of benzene rings is 1. The van der Waals surface area contributed by atoms with Gasteiger partial charge in [0.15, 0.2) is 0 Å². The summed E-state index contributed by atoms with van der Waals surface area (Å²) in [5, 5.41) is 12.8. The van der Waals surface area contributed by atoms with Crippen molar-refractivity contribution in [2.24, 2.45) is 5.92 Å². The van der Waals surface area contributed by atoms with Crippen molar-refractivity contribution in [3.63, 3.8) is 0 Å². The third-order valence-corrected chi connectivity index (χ3v) is 3.65. The molecule has 0 aromatic heterocycles. The average Bonchev–Trinajstić information content (AvgIpc) is 2.41. The van der Waals surface area contributed by atoms with E-state index in [1.807, 2.05) is 6.07 Å². The number of amides is 1. The maximum Gasteiger partial charge on any atom is 0.229 e. The lowest BCUT2D eigenvalue weighted by Gasteiger charge is -2.22. The molecular weight excluding hydrogens is 254 g/mol. The molecule has 110 valence electrons. The van der Waals surface area contributed by atoms with E-state index in [-0.39, 0.29) is 23.0 Å². The predicted molar refractivity (Wildman–Crippen MR) is 79.0 cm³/mol. The van der Waals surface area contributed by atoms with Crippen LogP contribution in [0, 0.1) is 5.92 Å². The first-order valence-corrected chi connectivity index (χ1v) is 7.10. The van der Waals surface area contributed by atoms with Crippen molar-refractivity contribution in [3.05, 3.63) is 23.8 Å². The van der Waals surface area contributed by atoms with Gasteiger partial charge in [-0.05, 0) is 36.0 Å². The highest BCUT2D eigenvalue weighted by Gasteiger charge is 2.23. The molecular formula is C16H23NO3. The highest BCUT2D eigenvalue weighted by Crippen LogP contribution is 2.31. The van der Waals surface area contributed by atoms with Gasteiger partial charge in [-0.2, -0.15) is 0 Å². The van der Waals surface area contributed by atoms with Gasteiger partial charge in [0.1, 0.15) is 5.75 Å². The summed E-state index contributed by atoms with van der Waals surface area (Å²) in [6, 6.07) is 5.41. The Hall–Kier alpha value is -1.55. The molecule has 0 spiro atoms.